The van der Waals surface area contributed by atoms with Crippen molar-refractivity contribution in [2.24, 2.45) is 5.41 Å². The van der Waals surface area contributed by atoms with Crippen LogP contribution in [0.4, 0.5) is 0 Å². The van der Waals surface area contributed by atoms with Gasteiger partial charge < -0.3 is 9.47 Å². The smallest absolute Gasteiger partial charge is 0.339 e. The number of ether oxygens (including phenoxy) is 2. The molecule has 0 spiro atoms. The molecule has 23 heavy (non-hydrogen) atoms. The van der Waals surface area contributed by atoms with Crippen LogP contribution in [0.5, 0.6) is 0 Å². The van der Waals surface area contributed by atoms with Gasteiger partial charge in [0.2, 0.25) is 0 Å². The average Bonchev–Trinajstić information content (AvgIpc) is 2.53. The molecular weight excluding hydrogens is 292 g/mol. The van der Waals surface area contributed by atoms with E-state index < -0.39 is 11.9 Å². The Labute approximate surface area is 138 Å². The summed E-state index contributed by atoms with van der Waals surface area (Å²) in [6.45, 7) is 6.27. The molecule has 0 radical (unpaired) electrons. The highest BCUT2D eigenvalue weighted by Crippen LogP contribution is 2.23. The summed E-state index contributed by atoms with van der Waals surface area (Å²) in [5, 5.41) is 0. The molecule has 1 aliphatic carbocycles. The van der Waals surface area contributed by atoms with Crippen molar-refractivity contribution in [3.8, 4) is 0 Å². The molecule has 0 amide bonds. The summed E-state index contributed by atoms with van der Waals surface area (Å²) < 4.78 is 10.9. The summed E-state index contributed by atoms with van der Waals surface area (Å²) in [6, 6.07) is 6.70. The first-order valence-corrected chi connectivity index (χ1v) is 8.34. The van der Waals surface area contributed by atoms with Crippen LogP contribution in [0.2, 0.25) is 0 Å². The summed E-state index contributed by atoms with van der Waals surface area (Å²) in [5.41, 5.74) is 0.447. The molecule has 0 N–H and O–H groups in total. The molecule has 0 bridgehead atoms. The van der Waals surface area contributed by atoms with Crippen molar-refractivity contribution in [1.29, 1.82) is 0 Å². The minimum Gasteiger partial charge on any atom is -0.462 e. The van der Waals surface area contributed by atoms with E-state index in [1.54, 1.807) is 24.3 Å². The molecular formula is C19H26O4. The van der Waals surface area contributed by atoms with E-state index in [2.05, 4.69) is 0 Å². The highest BCUT2D eigenvalue weighted by atomic mass is 16.5. The molecule has 1 aliphatic rings. The zero-order chi connectivity index (χ0) is 16.9. The van der Waals surface area contributed by atoms with Crippen molar-refractivity contribution < 1.29 is 19.1 Å². The summed E-state index contributed by atoms with van der Waals surface area (Å²) in [6.07, 6.45) is 5.16. The van der Waals surface area contributed by atoms with E-state index >= 15 is 0 Å². The Morgan fingerprint density at radius 2 is 1.57 bits per heavy atom. The predicted molar refractivity (Wildman–Crippen MR) is 88.5 cm³/mol. The Kier molecular flexibility index (Phi) is 5.80. The van der Waals surface area contributed by atoms with E-state index in [0.29, 0.717) is 6.61 Å². The van der Waals surface area contributed by atoms with Gasteiger partial charge in [0.05, 0.1) is 17.7 Å². The number of rotatable bonds is 4. The van der Waals surface area contributed by atoms with Gasteiger partial charge in [-0.15, -0.1) is 0 Å². The Morgan fingerprint density at radius 1 is 1.00 bits per heavy atom. The number of hydrogen-bond acceptors (Lipinski definition) is 4. The van der Waals surface area contributed by atoms with Gasteiger partial charge in [0.25, 0.3) is 0 Å². The van der Waals surface area contributed by atoms with E-state index in [4.69, 9.17) is 9.47 Å². The molecule has 0 saturated heterocycles. The van der Waals surface area contributed by atoms with Crippen LogP contribution in [0.3, 0.4) is 0 Å². The first kappa shape index (κ1) is 17.5. The summed E-state index contributed by atoms with van der Waals surface area (Å²) >= 11 is 0. The highest BCUT2D eigenvalue weighted by molar-refractivity contribution is 6.03. The van der Waals surface area contributed by atoms with Gasteiger partial charge in [-0.2, -0.15) is 0 Å². The summed E-state index contributed by atoms with van der Waals surface area (Å²) in [4.78, 5) is 24.7. The van der Waals surface area contributed by atoms with E-state index in [-0.39, 0.29) is 22.6 Å². The maximum atomic E-state index is 12.4. The lowest BCUT2D eigenvalue weighted by Crippen LogP contribution is -2.23. The first-order valence-electron chi connectivity index (χ1n) is 8.34. The third-order valence-corrected chi connectivity index (χ3v) is 3.83. The van der Waals surface area contributed by atoms with Crippen LogP contribution in [-0.4, -0.2) is 24.6 Å². The molecule has 1 aromatic carbocycles. The quantitative estimate of drug-likeness (QED) is 0.773. The van der Waals surface area contributed by atoms with Gasteiger partial charge in [0, 0.05) is 0 Å². The second kappa shape index (κ2) is 7.62. The second-order valence-electron chi connectivity index (χ2n) is 7.35. The van der Waals surface area contributed by atoms with E-state index in [9.17, 15) is 9.59 Å². The van der Waals surface area contributed by atoms with Gasteiger partial charge >= 0.3 is 11.9 Å². The van der Waals surface area contributed by atoms with Crippen LogP contribution in [0.25, 0.3) is 0 Å². The minimum atomic E-state index is -0.476. The lowest BCUT2D eigenvalue weighted by Gasteiger charge is -2.22. The topological polar surface area (TPSA) is 52.6 Å². The lowest BCUT2D eigenvalue weighted by atomic mass is 9.97. The van der Waals surface area contributed by atoms with Gasteiger partial charge in [-0.1, -0.05) is 39.3 Å². The van der Waals surface area contributed by atoms with Gasteiger partial charge in [-0.3, -0.25) is 0 Å². The Hall–Kier alpha value is -1.84. The van der Waals surface area contributed by atoms with Crippen LogP contribution in [0.15, 0.2) is 24.3 Å². The Morgan fingerprint density at radius 3 is 2.13 bits per heavy atom. The zero-order valence-corrected chi connectivity index (χ0v) is 14.3. The molecule has 1 aromatic rings. The SMILES string of the molecule is CC(C)(C)COC(=O)c1ccccc1C(=O)OC1CCCCC1. The van der Waals surface area contributed by atoms with Crippen molar-refractivity contribution in [2.45, 2.75) is 59.0 Å². The first-order chi connectivity index (χ1) is 10.9. The fourth-order valence-corrected chi connectivity index (χ4v) is 2.60. The minimum absolute atomic E-state index is 0.0325. The maximum absolute atomic E-state index is 12.4. The van der Waals surface area contributed by atoms with Crippen LogP contribution in [0.1, 0.15) is 73.6 Å². The molecule has 0 aliphatic heterocycles. The second-order valence-corrected chi connectivity index (χ2v) is 7.35. The van der Waals surface area contributed by atoms with Crippen molar-refractivity contribution in [3.63, 3.8) is 0 Å². The largest absolute Gasteiger partial charge is 0.462 e. The predicted octanol–water partition coefficient (Wildman–Crippen LogP) is 4.38. The van der Waals surface area contributed by atoms with Gasteiger partial charge in [-0.05, 0) is 43.2 Å². The van der Waals surface area contributed by atoms with Gasteiger partial charge in [-0.25, -0.2) is 9.59 Å². The normalized spacial score (nSPS) is 16.0. The van der Waals surface area contributed by atoms with Crippen LogP contribution in [0, 0.1) is 5.41 Å². The van der Waals surface area contributed by atoms with Crippen molar-refractivity contribution in [1.82, 2.24) is 0 Å². The standard InChI is InChI=1S/C19H26O4/c1-19(2,3)13-22-17(20)15-11-7-8-12-16(15)18(21)23-14-9-5-4-6-10-14/h7-8,11-12,14H,4-6,9-10,13H2,1-3H3. The van der Waals surface area contributed by atoms with Crippen molar-refractivity contribution in [3.05, 3.63) is 35.4 Å². The number of esters is 2. The molecule has 4 nitrogen and oxygen atoms in total. The van der Waals surface area contributed by atoms with Crippen molar-refractivity contribution >= 4 is 11.9 Å². The molecule has 1 fully saturated rings. The average molecular weight is 318 g/mol. The molecule has 126 valence electrons. The van der Waals surface area contributed by atoms with Crippen LogP contribution >= 0.6 is 0 Å². The number of carbonyl (C=O) groups excluding carboxylic acids is 2. The number of carbonyl (C=O) groups is 2. The van der Waals surface area contributed by atoms with E-state index in [0.717, 1.165) is 25.7 Å². The maximum Gasteiger partial charge on any atom is 0.339 e. The van der Waals surface area contributed by atoms with E-state index in [1.165, 1.54) is 6.42 Å². The Bertz CT molecular complexity index is 551. The van der Waals surface area contributed by atoms with E-state index in [1.807, 2.05) is 20.8 Å². The summed E-state index contributed by atoms with van der Waals surface area (Å²) in [5.74, 6) is -0.906. The highest BCUT2D eigenvalue weighted by Gasteiger charge is 2.24. The molecule has 0 aromatic heterocycles. The molecule has 1 saturated carbocycles. The fourth-order valence-electron chi connectivity index (χ4n) is 2.60. The third kappa shape index (κ3) is 5.38. The van der Waals surface area contributed by atoms with Crippen LogP contribution < -0.4 is 0 Å². The van der Waals surface area contributed by atoms with Crippen molar-refractivity contribution in [2.75, 3.05) is 6.61 Å². The van der Waals surface area contributed by atoms with Crippen LogP contribution in [-0.2, 0) is 9.47 Å². The third-order valence-electron chi connectivity index (χ3n) is 3.83. The number of benzene rings is 1. The Balaban J connectivity index is 2.06. The molecule has 0 atom stereocenters. The summed E-state index contributed by atoms with van der Waals surface area (Å²) in [7, 11) is 0. The fraction of sp³-hybridized carbons (Fsp3) is 0.579. The molecule has 2 rings (SSSR count). The monoisotopic (exact) mass is 318 g/mol. The number of hydrogen-bond donors (Lipinski definition) is 0. The molecule has 0 unspecified atom stereocenters. The van der Waals surface area contributed by atoms with Gasteiger partial charge in [0.1, 0.15) is 6.10 Å². The molecule has 4 heteroatoms. The van der Waals surface area contributed by atoms with Gasteiger partial charge in [0.15, 0.2) is 0 Å². The zero-order valence-electron chi connectivity index (χ0n) is 14.3. The lowest BCUT2D eigenvalue weighted by molar-refractivity contribution is 0.0199. The molecule has 0 heterocycles.